The molecule has 0 aliphatic heterocycles. The highest BCUT2D eigenvalue weighted by Crippen LogP contribution is 2.27. The molecule has 1 amide bonds. The van der Waals surface area contributed by atoms with Crippen LogP contribution in [0.1, 0.15) is 12.8 Å². The molecule has 0 aromatic heterocycles. The summed E-state index contributed by atoms with van der Waals surface area (Å²) in [5.41, 5.74) is 0. The van der Waals surface area contributed by atoms with Gasteiger partial charge in [-0.2, -0.15) is 0 Å². The van der Waals surface area contributed by atoms with Crippen LogP contribution in [0.25, 0.3) is 0 Å². The number of nitrogens with zero attached hydrogens (tertiary/aromatic N) is 1. The number of rotatable bonds is 6. The molecule has 0 saturated heterocycles. The first-order valence-corrected chi connectivity index (χ1v) is 6.85. The van der Waals surface area contributed by atoms with Gasteiger partial charge >= 0.3 is 0 Å². The zero-order valence-electron chi connectivity index (χ0n) is 10.3. The van der Waals surface area contributed by atoms with E-state index in [1.807, 2.05) is 0 Å². The Morgan fingerprint density at radius 2 is 1.95 bits per heavy atom. The molecule has 0 bridgehead atoms. The van der Waals surface area contributed by atoms with E-state index < -0.39 is 0 Å². The van der Waals surface area contributed by atoms with E-state index in [4.69, 9.17) is 33.0 Å². The molecule has 104 valence electrons. The first-order valence-electron chi connectivity index (χ1n) is 6.09. The maximum atomic E-state index is 12.0. The lowest BCUT2D eigenvalue weighted by atomic mass is 10.3. The molecule has 0 atom stereocenters. The number of aliphatic hydroxyl groups is 1. The summed E-state index contributed by atoms with van der Waals surface area (Å²) in [5, 5.41) is 9.88. The van der Waals surface area contributed by atoms with Crippen molar-refractivity contribution < 1.29 is 14.6 Å². The van der Waals surface area contributed by atoms with Crippen LogP contribution in [0, 0.1) is 0 Å². The third kappa shape index (κ3) is 4.27. The summed E-state index contributed by atoms with van der Waals surface area (Å²) in [6, 6.07) is 5.06. The van der Waals surface area contributed by atoms with E-state index in [0.29, 0.717) is 22.3 Å². The van der Waals surface area contributed by atoms with Crippen LogP contribution < -0.4 is 4.74 Å². The van der Waals surface area contributed by atoms with Gasteiger partial charge in [0.25, 0.3) is 5.91 Å². The lowest BCUT2D eigenvalue weighted by Crippen LogP contribution is -2.38. The van der Waals surface area contributed by atoms with Crippen LogP contribution in [0.3, 0.4) is 0 Å². The lowest BCUT2D eigenvalue weighted by Gasteiger charge is -2.21. The van der Waals surface area contributed by atoms with E-state index in [1.54, 1.807) is 23.1 Å². The number of benzene rings is 1. The minimum atomic E-state index is -0.132. The highest BCUT2D eigenvalue weighted by atomic mass is 35.5. The summed E-state index contributed by atoms with van der Waals surface area (Å²) in [4.78, 5) is 13.6. The van der Waals surface area contributed by atoms with E-state index in [2.05, 4.69) is 0 Å². The van der Waals surface area contributed by atoms with Crippen LogP contribution in [-0.4, -0.2) is 41.7 Å². The number of hydrogen-bond acceptors (Lipinski definition) is 3. The smallest absolute Gasteiger partial charge is 0.260 e. The summed E-state index contributed by atoms with van der Waals surface area (Å²) in [6.07, 6.45) is 1.99. The zero-order valence-corrected chi connectivity index (χ0v) is 11.8. The first kappa shape index (κ1) is 14.4. The van der Waals surface area contributed by atoms with Gasteiger partial charge in [-0.3, -0.25) is 4.79 Å². The fraction of sp³-hybridized carbons (Fsp3) is 0.462. The summed E-state index contributed by atoms with van der Waals surface area (Å²) in [7, 11) is 0. The zero-order chi connectivity index (χ0) is 13.8. The Hall–Kier alpha value is -0.970. The fourth-order valence-electron chi connectivity index (χ4n) is 1.84. The van der Waals surface area contributed by atoms with Crippen molar-refractivity contribution in [2.45, 2.75) is 18.9 Å². The molecule has 0 spiro atoms. The molecule has 1 aliphatic carbocycles. The average molecular weight is 304 g/mol. The number of hydrogen-bond donors (Lipinski definition) is 1. The van der Waals surface area contributed by atoms with Gasteiger partial charge in [-0.05, 0) is 31.0 Å². The molecule has 19 heavy (non-hydrogen) atoms. The van der Waals surface area contributed by atoms with Crippen molar-refractivity contribution in [1.82, 2.24) is 4.90 Å². The third-order valence-electron chi connectivity index (χ3n) is 2.85. The molecule has 1 fully saturated rings. The normalized spacial score (nSPS) is 14.3. The number of carbonyl (C=O) groups excluding carboxylic acids is 1. The van der Waals surface area contributed by atoms with Crippen LogP contribution in [0.4, 0.5) is 0 Å². The van der Waals surface area contributed by atoms with Crippen LogP contribution in [0.15, 0.2) is 18.2 Å². The Kier molecular flexibility index (Phi) is 4.91. The van der Waals surface area contributed by atoms with Crippen LogP contribution >= 0.6 is 23.2 Å². The van der Waals surface area contributed by atoms with Crippen LogP contribution in [0.2, 0.25) is 10.0 Å². The predicted octanol–water partition coefficient (Wildman–Crippen LogP) is 2.36. The van der Waals surface area contributed by atoms with Crippen LogP contribution in [-0.2, 0) is 4.79 Å². The molecule has 4 nitrogen and oxygen atoms in total. The minimum absolute atomic E-state index is 0.0365. The highest BCUT2D eigenvalue weighted by molar-refractivity contribution is 6.34. The molecule has 1 N–H and O–H groups in total. The number of ether oxygens (including phenoxy) is 1. The van der Waals surface area contributed by atoms with Crippen molar-refractivity contribution in [3.8, 4) is 5.75 Å². The summed E-state index contributed by atoms with van der Waals surface area (Å²) in [6.45, 7) is 0.238. The van der Waals surface area contributed by atoms with Crippen molar-refractivity contribution in [1.29, 1.82) is 0 Å². The molecule has 0 radical (unpaired) electrons. The second-order valence-electron chi connectivity index (χ2n) is 4.44. The molecule has 1 aromatic rings. The largest absolute Gasteiger partial charge is 0.484 e. The molecule has 2 rings (SSSR count). The molecule has 0 heterocycles. The molecule has 1 saturated carbocycles. The monoisotopic (exact) mass is 303 g/mol. The Bertz CT molecular complexity index is 443. The van der Waals surface area contributed by atoms with Gasteiger partial charge in [0.2, 0.25) is 0 Å². The second-order valence-corrected chi connectivity index (χ2v) is 5.31. The number of halogens is 2. The summed E-state index contributed by atoms with van der Waals surface area (Å²) in [5.74, 6) is 0.332. The van der Waals surface area contributed by atoms with Gasteiger partial charge in [-0.15, -0.1) is 0 Å². The first-order chi connectivity index (χ1) is 9.10. The molecule has 0 unspecified atom stereocenters. The number of amides is 1. The topological polar surface area (TPSA) is 49.8 Å². The minimum Gasteiger partial charge on any atom is -0.484 e. The second kappa shape index (κ2) is 6.46. The Balaban J connectivity index is 1.91. The van der Waals surface area contributed by atoms with Crippen LogP contribution in [0.5, 0.6) is 5.75 Å². The van der Waals surface area contributed by atoms with E-state index in [0.717, 1.165) is 12.8 Å². The predicted molar refractivity (Wildman–Crippen MR) is 73.8 cm³/mol. The summed E-state index contributed by atoms with van der Waals surface area (Å²) >= 11 is 11.7. The van der Waals surface area contributed by atoms with Gasteiger partial charge in [0.15, 0.2) is 6.61 Å². The van der Waals surface area contributed by atoms with E-state index in [9.17, 15) is 4.79 Å². The lowest BCUT2D eigenvalue weighted by molar-refractivity contribution is -0.134. The van der Waals surface area contributed by atoms with Crippen molar-refractivity contribution in [3.05, 3.63) is 28.2 Å². The van der Waals surface area contributed by atoms with Crippen molar-refractivity contribution in [2.24, 2.45) is 0 Å². The molecular weight excluding hydrogens is 289 g/mol. The third-order valence-corrected chi connectivity index (χ3v) is 3.28. The molecule has 1 aliphatic rings. The van der Waals surface area contributed by atoms with E-state index >= 15 is 0 Å². The number of carbonyl (C=O) groups is 1. The maximum Gasteiger partial charge on any atom is 0.260 e. The quantitative estimate of drug-likeness (QED) is 0.877. The van der Waals surface area contributed by atoms with E-state index in [-0.39, 0.29) is 25.2 Å². The molecule has 6 heteroatoms. The average Bonchev–Trinajstić information content (AvgIpc) is 3.16. The van der Waals surface area contributed by atoms with Gasteiger partial charge in [-0.25, -0.2) is 0 Å². The maximum absolute atomic E-state index is 12.0. The van der Waals surface area contributed by atoms with Crippen molar-refractivity contribution in [3.63, 3.8) is 0 Å². The highest BCUT2D eigenvalue weighted by Gasteiger charge is 2.32. The van der Waals surface area contributed by atoms with E-state index in [1.165, 1.54) is 0 Å². The van der Waals surface area contributed by atoms with Gasteiger partial charge < -0.3 is 14.7 Å². The van der Waals surface area contributed by atoms with Gasteiger partial charge in [-0.1, -0.05) is 23.2 Å². The standard InChI is InChI=1S/C13H15Cl2NO3/c14-9-5-10(15)7-12(6-9)19-8-13(18)16(3-4-17)11-1-2-11/h5-7,11,17H,1-4,8H2. The Labute approximate surface area is 121 Å². The van der Waals surface area contributed by atoms with Crippen molar-refractivity contribution >= 4 is 29.1 Å². The van der Waals surface area contributed by atoms with Gasteiger partial charge in [0.05, 0.1) is 6.61 Å². The SMILES string of the molecule is O=C(COc1cc(Cl)cc(Cl)c1)N(CCO)C1CC1. The Morgan fingerprint density at radius 1 is 1.32 bits per heavy atom. The fourth-order valence-corrected chi connectivity index (χ4v) is 2.35. The molecule has 1 aromatic carbocycles. The summed E-state index contributed by atoms with van der Waals surface area (Å²) < 4.78 is 5.39. The van der Waals surface area contributed by atoms with Gasteiger partial charge in [0, 0.05) is 22.6 Å². The Morgan fingerprint density at radius 3 is 2.47 bits per heavy atom. The molecular formula is C13H15Cl2NO3. The number of aliphatic hydroxyl groups excluding tert-OH is 1. The van der Waals surface area contributed by atoms with Crippen molar-refractivity contribution in [2.75, 3.05) is 19.8 Å². The van der Waals surface area contributed by atoms with Gasteiger partial charge in [0.1, 0.15) is 5.75 Å².